The topological polar surface area (TPSA) is 281 Å². The number of nitrogens with zero attached hydrogens (tertiary/aromatic N) is 4. The average Bonchev–Trinajstić information content (AvgIpc) is 2.94. The summed E-state index contributed by atoms with van der Waals surface area (Å²) in [5.74, 6) is 0. The van der Waals surface area contributed by atoms with Gasteiger partial charge in [0, 0.05) is 16.8 Å². The van der Waals surface area contributed by atoms with Crippen molar-refractivity contribution in [2.75, 3.05) is 45.8 Å². The minimum atomic E-state index is -2.04. The van der Waals surface area contributed by atoms with E-state index in [4.69, 9.17) is 40.9 Å². The van der Waals surface area contributed by atoms with Gasteiger partial charge in [-0.05, 0) is 0 Å². The molecule has 0 aromatic carbocycles. The van der Waals surface area contributed by atoms with Crippen LogP contribution < -0.4 is 0 Å². The monoisotopic (exact) mass is 733 g/mol. The molecule has 3 fully saturated rings. The summed E-state index contributed by atoms with van der Waals surface area (Å²) in [7, 11) is 0. The zero-order valence-corrected chi connectivity index (χ0v) is 26.4. The number of aliphatic hydroxyl groups is 8. The van der Waals surface area contributed by atoms with Gasteiger partial charge in [0.2, 0.25) is 25.2 Å². The van der Waals surface area contributed by atoms with Crippen molar-refractivity contribution in [2.24, 2.45) is 0 Å². The standard InChI is InChI=1S/3C5H10N.C5H6N.2C2H6O4.3Co.2H2O/c4*1-2-4-6-5-3-1;2*3-1(4)2(5)6;;;;;/h3*1-5H2;1-4H,5H2;2*1-6H;;;;2*1H2/q4*-1;;;;2*+2;;. The Labute approximate surface area is 275 Å². The SMILES string of the molecule is C1=CC[N-]C=C1.C1CC[N-]CC1.C1CC[N-]CC1.C1CC[N-]CC1.O.O.OC(O)C(O)O.OC(O)C(O)O.[Co+2].[Co+2].[Co]. The van der Waals surface area contributed by atoms with E-state index in [1.807, 2.05) is 18.2 Å². The summed E-state index contributed by atoms with van der Waals surface area (Å²) in [5.41, 5.74) is 0. The number of allylic oxidation sites excluding steroid dienone is 2. The number of aliphatic hydroxyl groups excluding tert-OH is 4. The molecule has 0 amide bonds. The molecule has 0 saturated carbocycles. The Hall–Kier alpha value is 0.279. The Balaban J connectivity index is -0.0000000661. The molecule has 4 rings (SSSR count). The maximum absolute atomic E-state index is 7.69. The van der Waals surface area contributed by atoms with Crippen LogP contribution in [-0.4, -0.2) is 123 Å². The Morgan fingerprint density at radius 1 is 0.439 bits per heavy atom. The molecule has 0 unspecified atom stereocenters. The van der Waals surface area contributed by atoms with Gasteiger partial charge in [0.05, 0.1) is 0 Å². The fourth-order valence-corrected chi connectivity index (χ4v) is 2.58. The quantitative estimate of drug-likeness (QED) is 0.173. The van der Waals surface area contributed by atoms with Gasteiger partial charge in [-0.2, -0.15) is 6.20 Å². The molecule has 12 N–H and O–H groups in total. The van der Waals surface area contributed by atoms with Gasteiger partial charge in [-0.1, -0.05) is 69.9 Å². The van der Waals surface area contributed by atoms with Crippen LogP contribution in [0, 0.1) is 0 Å². The molecule has 0 aliphatic carbocycles. The second kappa shape index (κ2) is 47.2. The molecule has 0 aromatic rings. The largest absolute Gasteiger partial charge is 2.00 e. The second-order valence-corrected chi connectivity index (χ2v) is 7.98. The molecule has 0 aromatic heterocycles. The van der Waals surface area contributed by atoms with Crippen molar-refractivity contribution in [3.8, 4) is 0 Å². The minimum Gasteiger partial charge on any atom is -0.687 e. The smallest absolute Gasteiger partial charge is 0.687 e. The van der Waals surface area contributed by atoms with Crippen molar-refractivity contribution in [2.45, 2.75) is 82.9 Å². The van der Waals surface area contributed by atoms with E-state index in [0.29, 0.717) is 0 Å². The Morgan fingerprint density at radius 2 is 0.707 bits per heavy atom. The minimum absolute atomic E-state index is 0. The van der Waals surface area contributed by atoms with Crippen molar-refractivity contribution in [1.82, 2.24) is 0 Å². The van der Waals surface area contributed by atoms with Crippen LogP contribution in [0.3, 0.4) is 0 Å². The predicted octanol–water partition coefficient (Wildman–Crippen LogP) is -0.366. The summed E-state index contributed by atoms with van der Waals surface area (Å²) in [5, 5.41) is 77.9. The van der Waals surface area contributed by atoms with Crippen molar-refractivity contribution < 1.29 is 102 Å². The van der Waals surface area contributed by atoms with E-state index in [1.54, 1.807) is 6.20 Å². The first kappa shape index (κ1) is 57.0. The first-order valence-corrected chi connectivity index (χ1v) is 12.6. The molecule has 4 aliphatic heterocycles. The molecular weight excluding hydrogens is 681 g/mol. The van der Waals surface area contributed by atoms with Gasteiger partial charge in [-0.3, -0.25) is 0 Å². The summed E-state index contributed by atoms with van der Waals surface area (Å²) < 4.78 is 0. The third-order valence-corrected chi connectivity index (χ3v) is 4.58. The molecule has 0 bridgehead atoms. The molecular formula is C24H52Co3N4O10. The summed E-state index contributed by atoms with van der Waals surface area (Å²) in [6, 6.07) is 0. The van der Waals surface area contributed by atoms with Crippen LogP contribution >= 0.6 is 0 Å². The molecule has 3 saturated heterocycles. The summed E-state index contributed by atoms with van der Waals surface area (Å²) in [6.45, 7) is 7.61. The first-order chi connectivity index (χ1) is 17.3. The van der Waals surface area contributed by atoms with E-state index < -0.39 is 25.2 Å². The van der Waals surface area contributed by atoms with Gasteiger partial charge in [0.15, 0.2) is 0 Å². The van der Waals surface area contributed by atoms with E-state index >= 15 is 0 Å². The van der Waals surface area contributed by atoms with E-state index in [9.17, 15) is 0 Å². The van der Waals surface area contributed by atoms with Gasteiger partial charge in [-0.25, -0.2) is 0 Å². The van der Waals surface area contributed by atoms with Crippen LogP contribution in [-0.2, 0) is 50.3 Å². The molecule has 4 aliphatic rings. The van der Waals surface area contributed by atoms with Crippen LogP contribution in [0.1, 0.15) is 57.8 Å². The molecule has 0 spiro atoms. The molecule has 0 atom stereocenters. The number of piperidine rings is 3. The van der Waals surface area contributed by atoms with E-state index in [0.717, 1.165) is 45.8 Å². The average molecular weight is 733 g/mol. The fourth-order valence-electron chi connectivity index (χ4n) is 2.58. The summed E-state index contributed by atoms with van der Waals surface area (Å²) in [4.78, 5) is 0. The zero-order chi connectivity index (χ0) is 27.3. The van der Waals surface area contributed by atoms with Gasteiger partial charge < -0.3 is 73.1 Å². The van der Waals surface area contributed by atoms with Crippen LogP contribution in [0.15, 0.2) is 24.4 Å². The summed E-state index contributed by atoms with van der Waals surface area (Å²) in [6.07, 6.45) is 11.8. The van der Waals surface area contributed by atoms with Gasteiger partial charge in [-0.15, -0.1) is 51.9 Å². The number of hydrogen-bond acceptors (Lipinski definition) is 8. The zero-order valence-electron chi connectivity index (χ0n) is 23.3. The van der Waals surface area contributed by atoms with Crippen molar-refractivity contribution in [1.29, 1.82) is 0 Å². The van der Waals surface area contributed by atoms with Gasteiger partial charge in [0.1, 0.15) is 0 Å². The van der Waals surface area contributed by atoms with E-state index in [1.165, 1.54) is 57.8 Å². The summed E-state index contributed by atoms with van der Waals surface area (Å²) >= 11 is 0. The van der Waals surface area contributed by atoms with Crippen molar-refractivity contribution >= 4 is 0 Å². The van der Waals surface area contributed by atoms with Crippen molar-refractivity contribution in [3.63, 3.8) is 0 Å². The molecule has 14 nitrogen and oxygen atoms in total. The Morgan fingerprint density at radius 3 is 0.756 bits per heavy atom. The van der Waals surface area contributed by atoms with Gasteiger partial charge in [0.25, 0.3) is 0 Å². The maximum atomic E-state index is 7.69. The van der Waals surface area contributed by atoms with Crippen LogP contribution in [0.4, 0.5) is 0 Å². The predicted molar refractivity (Wildman–Crippen MR) is 147 cm³/mol. The van der Waals surface area contributed by atoms with Gasteiger partial charge >= 0.3 is 33.6 Å². The number of hydrogen-bond donors (Lipinski definition) is 8. The molecule has 17 heteroatoms. The van der Waals surface area contributed by atoms with Crippen LogP contribution in [0.25, 0.3) is 21.3 Å². The molecule has 41 heavy (non-hydrogen) atoms. The normalized spacial score (nSPS) is 16.3. The molecule has 3 radical (unpaired) electrons. The second-order valence-electron chi connectivity index (χ2n) is 7.98. The third kappa shape index (κ3) is 56.6. The number of rotatable bonds is 2. The van der Waals surface area contributed by atoms with E-state index in [-0.39, 0.29) is 61.3 Å². The fraction of sp³-hybridized carbons (Fsp3) is 0.833. The first-order valence-electron chi connectivity index (χ1n) is 12.6. The van der Waals surface area contributed by atoms with E-state index in [2.05, 4.69) is 21.3 Å². The molecule has 4 heterocycles. The maximum Gasteiger partial charge on any atom is 2.00 e. The molecule has 255 valence electrons. The Bertz CT molecular complexity index is 390. The van der Waals surface area contributed by atoms with Crippen molar-refractivity contribution in [3.05, 3.63) is 45.7 Å². The van der Waals surface area contributed by atoms with Crippen LogP contribution in [0.2, 0.25) is 0 Å². The third-order valence-electron chi connectivity index (χ3n) is 4.58. The van der Waals surface area contributed by atoms with Crippen LogP contribution in [0.5, 0.6) is 0 Å². The Kier molecular flexibility index (Phi) is 65.6.